The van der Waals surface area contributed by atoms with Crippen LogP contribution in [0, 0.1) is 5.92 Å². The molecule has 2 atom stereocenters. The lowest BCUT2D eigenvalue weighted by Gasteiger charge is -2.33. The fourth-order valence-corrected chi connectivity index (χ4v) is 3.62. The van der Waals surface area contributed by atoms with Gasteiger partial charge in [0.05, 0.1) is 12.1 Å². The standard InChI is InChI=1S/C14H22N2O2S/c1-10-4-3-5-12(8-10)16(2)14-15-11(9-19-14)6-7-13(17)18/h9-10,12H,3-8H2,1-2H3,(H,17,18). The van der Waals surface area contributed by atoms with Crippen molar-refractivity contribution < 1.29 is 9.90 Å². The summed E-state index contributed by atoms with van der Waals surface area (Å²) in [7, 11) is 2.11. The second-order valence-corrected chi connectivity index (χ2v) is 6.39. The van der Waals surface area contributed by atoms with Gasteiger partial charge in [-0.2, -0.15) is 0 Å². The van der Waals surface area contributed by atoms with E-state index in [1.54, 1.807) is 11.3 Å². The second-order valence-electron chi connectivity index (χ2n) is 5.55. The molecule has 19 heavy (non-hydrogen) atoms. The third kappa shape index (κ3) is 3.93. The van der Waals surface area contributed by atoms with E-state index in [-0.39, 0.29) is 6.42 Å². The highest BCUT2D eigenvalue weighted by molar-refractivity contribution is 7.13. The van der Waals surface area contributed by atoms with Crippen LogP contribution in [0.3, 0.4) is 0 Å². The van der Waals surface area contributed by atoms with E-state index in [0.29, 0.717) is 12.5 Å². The van der Waals surface area contributed by atoms with E-state index in [0.717, 1.165) is 16.7 Å². The van der Waals surface area contributed by atoms with E-state index in [1.807, 2.05) is 5.38 Å². The van der Waals surface area contributed by atoms with Gasteiger partial charge >= 0.3 is 5.97 Å². The van der Waals surface area contributed by atoms with Gasteiger partial charge in [-0.3, -0.25) is 4.79 Å². The molecule has 0 bridgehead atoms. The quantitative estimate of drug-likeness (QED) is 0.901. The van der Waals surface area contributed by atoms with Crippen LogP contribution in [0.4, 0.5) is 5.13 Å². The molecule has 0 aromatic carbocycles. The number of anilines is 1. The molecule has 0 radical (unpaired) electrons. The molecule has 2 unspecified atom stereocenters. The molecule has 1 aliphatic carbocycles. The minimum Gasteiger partial charge on any atom is -0.481 e. The number of carboxylic acid groups (broad SMARTS) is 1. The molecule has 2 rings (SSSR count). The lowest BCUT2D eigenvalue weighted by atomic mass is 9.86. The first-order valence-electron chi connectivity index (χ1n) is 6.95. The van der Waals surface area contributed by atoms with E-state index in [1.165, 1.54) is 25.7 Å². The van der Waals surface area contributed by atoms with Crippen molar-refractivity contribution in [2.45, 2.75) is 51.5 Å². The largest absolute Gasteiger partial charge is 0.481 e. The van der Waals surface area contributed by atoms with Crippen molar-refractivity contribution in [1.29, 1.82) is 0 Å². The molecular weight excluding hydrogens is 260 g/mol. The van der Waals surface area contributed by atoms with E-state index >= 15 is 0 Å². The fraction of sp³-hybridized carbons (Fsp3) is 0.714. The molecule has 4 nitrogen and oxygen atoms in total. The molecule has 1 heterocycles. The maximum absolute atomic E-state index is 10.6. The van der Waals surface area contributed by atoms with Crippen LogP contribution in [0.25, 0.3) is 0 Å². The second kappa shape index (κ2) is 6.37. The van der Waals surface area contributed by atoms with Gasteiger partial charge < -0.3 is 10.0 Å². The monoisotopic (exact) mass is 282 g/mol. The molecule has 106 valence electrons. The molecule has 1 aliphatic rings. The molecule has 1 aromatic rings. The summed E-state index contributed by atoms with van der Waals surface area (Å²) >= 11 is 1.63. The van der Waals surface area contributed by atoms with Crippen molar-refractivity contribution in [2.24, 2.45) is 5.92 Å². The van der Waals surface area contributed by atoms with E-state index in [4.69, 9.17) is 5.11 Å². The minimum atomic E-state index is -0.760. The van der Waals surface area contributed by atoms with Crippen LogP contribution in [-0.4, -0.2) is 29.1 Å². The highest BCUT2D eigenvalue weighted by Crippen LogP contribution is 2.31. The van der Waals surface area contributed by atoms with E-state index in [2.05, 4.69) is 23.9 Å². The Morgan fingerprint density at radius 1 is 1.58 bits per heavy atom. The van der Waals surface area contributed by atoms with Gasteiger partial charge in [0.1, 0.15) is 0 Å². The molecule has 1 saturated carbocycles. The van der Waals surface area contributed by atoms with Gasteiger partial charge in [0.25, 0.3) is 0 Å². The third-order valence-electron chi connectivity index (χ3n) is 3.89. The van der Waals surface area contributed by atoms with Crippen molar-refractivity contribution in [3.8, 4) is 0 Å². The SMILES string of the molecule is CC1CCCC(N(C)c2nc(CCC(=O)O)cs2)C1. The molecule has 1 N–H and O–H groups in total. The van der Waals surface area contributed by atoms with Crippen molar-refractivity contribution in [2.75, 3.05) is 11.9 Å². The Morgan fingerprint density at radius 3 is 3.05 bits per heavy atom. The predicted octanol–water partition coefficient (Wildman–Crippen LogP) is 3.18. The summed E-state index contributed by atoms with van der Waals surface area (Å²) < 4.78 is 0. The number of hydrogen-bond donors (Lipinski definition) is 1. The average molecular weight is 282 g/mol. The zero-order chi connectivity index (χ0) is 13.8. The minimum absolute atomic E-state index is 0.160. The Morgan fingerprint density at radius 2 is 2.37 bits per heavy atom. The topological polar surface area (TPSA) is 53.4 Å². The molecule has 0 spiro atoms. The van der Waals surface area contributed by atoms with Crippen LogP contribution in [0.2, 0.25) is 0 Å². The van der Waals surface area contributed by atoms with Gasteiger partial charge in [0.2, 0.25) is 0 Å². The first-order chi connectivity index (χ1) is 9.06. The first kappa shape index (κ1) is 14.3. The predicted molar refractivity (Wildman–Crippen MR) is 77.9 cm³/mol. The normalized spacial score (nSPS) is 23.3. The summed E-state index contributed by atoms with van der Waals surface area (Å²) in [5.41, 5.74) is 0.901. The number of carbonyl (C=O) groups is 1. The lowest BCUT2D eigenvalue weighted by Crippen LogP contribution is -2.35. The van der Waals surface area contributed by atoms with Crippen LogP contribution in [0.5, 0.6) is 0 Å². The van der Waals surface area contributed by atoms with Crippen LogP contribution in [0.15, 0.2) is 5.38 Å². The summed E-state index contributed by atoms with van der Waals surface area (Å²) in [4.78, 5) is 17.4. The van der Waals surface area contributed by atoms with Crippen LogP contribution in [-0.2, 0) is 11.2 Å². The van der Waals surface area contributed by atoms with Gasteiger partial charge in [-0.25, -0.2) is 4.98 Å². The van der Waals surface area contributed by atoms with Gasteiger partial charge in [0, 0.05) is 24.9 Å². The van der Waals surface area contributed by atoms with Gasteiger partial charge in [-0.15, -0.1) is 11.3 Å². The number of aliphatic carboxylic acids is 1. The highest BCUT2D eigenvalue weighted by atomic mass is 32.1. The summed E-state index contributed by atoms with van der Waals surface area (Å²) in [5, 5.41) is 11.7. The van der Waals surface area contributed by atoms with Crippen molar-refractivity contribution in [1.82, 2.24) is 4.98 Å². The maximum atomic E-state index is 10.6. The third-order valence-corrected chi connectivity index (χ3v) is 4.87. The first-order valence-corrected chi connectivity index (χ1v) is 7.83. The molecular formula is C14H22N2O2S. The van der Waals surface area contributed by atoms with Gasteiger partial charge in [0.15, 0.2) is 5.13 Å². The zero-order valence-corrected chi connectivity index (χ0v) is 12.4. The Hall–Kier alpha value is -1.10. The molecule has 0 amide bonds. The fourth-order valence-electron chi connectivity index (χ4n) is 2.72. The summed E-state index contributed by atoms with van der Waals surface area (Å²) in [6.07, 6.45) is 5.80. The number of aromatic nitrogens is 1. The number of aryl methyl sites for hydroxylation is 1. The van der Waals surface area contributed by atoms with Crippen LogP contribution >= 0.6 is 11.3 Å². The van der Waals surface area contributed by atoms with Crippen molar-refractivity contribution >= 4 is 22.4 Å². The van der Waals surface area contributed by atoms with E-state index < -0.39 is 5.97 Å². The van der Waals surface area contributed by atoms with Gasteiger partial charge in [-0.05, 0) is 18.8 Å². The Bertz CT molecular complexity index is 433. The maximum Gasteiger partial charge on any atom is 0.303 e. The zero-order valence-electron chi connectivity index (χ0n) is 11.6. The van der Waals surface area contributed by atoms with Crippen LogP contribution in [0.1, 0.15) is 44.7 Å². The molecule has 0 aliphatic heterocycles. The Kier molecular flexibility index (Phi) is 4.80. The number of carboxylic acids is 1. The highest BCUT2D eigenvalue weighted by Gasteiger charge is 2.24. The van der Waals surface area contributed by atoms with Crippen molar-refractivity contribution in [3.05, 3.63) is 11.1 Å². The number of rotatable bonds is 5. The number of hydrogen-bond acceptors (Lipinski definition) is 4. The summed E-state index contributed by atoms with van der Waals surface area (Å²) in [6, 6.07) is 0.585. The average Bonchev–Trinajstić information content (AvgIpc) is 2.84. The van der Waals surface area contributed by atoms with E-state index in [9.17, 15) is 4.79 Å². The number of thiazole rings is 1. The molecule has 1 fully saturated rings. The van der Waals surface area contributed by atoms with Crippen molar-refractivity contribution in [3.63, 3.8) is 0 Å². The molecule has 1 aromatic heterocycles. The Balaban J connectivity index is 1.95. The summed E-state index contributed by atoms with van der Waals surface area (Å²) in [5.74, 6) is 0.0386. The Labute approximate surface area is 118 Å². The van der Waals surface area contributed by atoms with Crippen LogP contribution < -0.4 is 4.90 Å². The lowest BCUT2D eigenvalue weighted by molar-refractivity contribution is -0.136. The number of nitrogens with zero attached hydrogens (tertiary/aromatic N) is 2. The molecule has 0 saturated heterocycles. The van der Waals surface area contributed by atoms with Gasteiger partial charge in [-0.1, -0.05) is 19.8 Å². The summed E-state index contributed by atoms with van der Waals surface area (Å²) in [6.45, 7) is 2.32. The molecule has 5 heteroatoms. The smallest absolute Gasteiger partial charge is 0.303 e.